The summed E-state index contributed by atoms with van der Waals surface area (Å²) in [5, 5.41) is 18.6. The summed E-state index contributed by atoms with van der Waals surface area (Å²) in [6.45, 7) is 2.06. The Balaban J connectivity index is 2.07. The Labute approximate surface area is 104 Å². The molecule has 1 aliphatic heterocycles. The quantitative estimate of drug-likeness (QED) is 0.800. The van der Waals surface area contributed by atoms with Gasteiger partial charge in [0.2, 0.25) is 0 Å². The molecule has 1 aromatic heterocycles. The molecule has 0 unspecified atom stereocenters. The number of carboxylic acids is 1. The molecule has 1 aromatic rings. The van der Waals surface area contributed by atoms with E-state index in [9.17, 15) is 14.7 Å². The number of rotatable bonds is 2. The number of amides is 1. The number of piperidine rings is 1. The Morgan fingerprint density at radius 2 is 2.22 bits per heavy atom. The number of likely N-dealkylation sites (tertiary alicyclic amines) is 1. The smallest absolute Gasteiger partial charge is 0.309 e. The van der Waals surface area contributed by atoms with E-state index in [0.717, 1.165) is 0 Å². The Kier molecular flexibility index (Phi) is 3.38. The number of hydrogen-bond donors (Lipinski definition) is 2. The zero-order chi connectivity index (χ0) is 13.3. The van der Waals surface area contributed by atoms with Gasteiger partial charge in [-0.25, -0.2) is 0 Å². The Morgan fingerprint density at radius 3 is 2.72 bits per heavy atom. The minimum Gasteiger partial charge on any atom is -0.481 e. The first kappa shape index (κ1) is 12.6. The fraction of sp³-hybridized carbons (Fsp3) is 0.500. The molecule has 0 aliphatic carbocycles. The average Bonchev–Trinajstić information content (AvgIpc) is 2.74. The minimum absolute atomic E-state index is 0.0421. The second kappa shape index (κ2) is 4.81. The van der Waals surface area contributed by atoms with Crippen molar-refractivity contribution in [3.63, 3.8) is 0 Å². The van der Waals surface area contributed by atoms with Crippen molar-refractivity contribution in [2.75, 3.05) is 13.1 Å². The van der Waals surface area contributed by atoms with Crippen LogP contribution in [0.4, 0.5) is 0 Å². The lowest BCUT2D eigenvalue weighted by Gasteiger charge is -2.33. The van der Waals surface area contributed by atoms with E-state index in [0.29, 0.717) is 17.9 Å². The standard InChI is InChI=1S/C12H15NO5/c1-7-8(3-5-18-7)11(15)13-4-2-9(12(16)17)10(14)6-13/h3,5,9-10,14H,2,4,6H2,1H3,(H,16,17)/t9-,10+/m0/s1. The van der Waals surface area contributed by atoms with Gasteiger partial charge in [0.25, 0.3) is 5.91 Å². The van der Waals surface area contributed by atoms with Gasteiger partial charge in [0.1, 0.15) is 5.76 Å². The SMILES string of the molecule is Cc1occc1C(=O)N1CC[C@H](C(=O)O)[C@H](O)C1. The van der Waals surface area contributed by atoms with E-state index < -0.39 is 18.0 Å². The van der Waals surface area contributed by atoms with Gasteiger partial charge in [-0.2, -0.15) is 0 Å². The van der Waals surface area contributed by atoms with E-state index in [1.165, 1.54) is 11.2 Å². The molecule has 0 bridgehead atoms. The van der Waals surface area contributed by atoms with E-state index in [1.807, 2.05) is 0 Å². The zero-order valence-electron chi connectivity index (χ0n) is 10.00. The van der Waals surface area contributed by atoms with Gasteiger partial charge >= 0.3 is 5.97 Å². The summed E-state index contributed by atoms with van der Waals surface area (Å²) < 4.78 is 5.06. The number of aliphatic hydroxyl groups excluding tert-OH is 1. The van der Waals surface area contributed by atoms with Crippen LogP contribution in [0.25, 0.3) is 0 Å². The monoisotopic (exact) mass is 253 g/mol. The second-order valence-corrected chi connectivity index (χ2v) is 4.44. The van der Waals surface area contributed by atoms with Crippen LogP contribution in [0.15, 0.2) is 16.7 Å². The van der Waals surface area contributed by atoms with Crippen molar-refractivity contribution in [1.82, 2.24) is 4.90 Å². The lowest BCUT2D eigenvalue weighted by molar-refractivity contribution is -0.148. The highest BCUT2D eigenvalue weighted by Crippen LogP contribution is 2.21. The Hall–Kier alpha value is -1.82. The third-order valence-corrected chi connectivity index (χ3v) is 3.28. The molecule has 6 heteroatoms. The minimum atomic E-state index is -1.02. The second-order valence-electron chi connectivity index (χ2n) is 4.44. The normalized spacial score (nSPS) is 24.0. The van der Waals surface area contributed by atoms with Crippen LogP contribution in [0.2, 0.25) is 0 Å². The van der Waals surface area contributed by atoms with Gasteiger partial charge in [0.15, 0.2) is 0 Å². The molecule has 2 atom stereocenters. The van der Waals surface area contributed by atoms with Gasteiger partial charge in [-0.15, -0.1) is 0 Å². The van der Waals surface area contributed by atoms with E-state index >= 15 is 0 Å². The van der Waals surface area contributed by atoms with Gasteiger partial charge in [-0.3, -0.25) is 9.59 Å². The van der Waals surface area contributed by atoms with Crippen LogP contribution in [0, 0.1) is 12.8 Å². The molecule has 98 valence electrons. The molecule has 1 amide bonds. The maximum Gasteiger partial charge on any atom is 0.309 e. The van der Waals surface area contributed by atoms with Crippen molar-refractivity contribution < 1.29 is 24.2 Å². The first-order valence-electron chi connectivity index (χ1n) is 5.75. The molecule has 0 spiro atoms. The number of carbonyl (C=O) groups is 2. The number of furan rings is 1. The molecule has 2 heterocycles. The number of carboxylic acid groups (broad SMARTS) is 1. The first-order valence-corrected chi connectivity index (χ1v) is 5.75. The van der Waals surface area contributed by atoms with Crippen molar-refractivity contribution in [3.05, 3.63) is 23.7 Å². The molecule has 0 saturated carbocycles. The van der Waals surface area contributed by atoms with Crippen LogP contribution in [0.5, 0.6) is 0 Å². The fourth-order valence-electron chi connectivity index (χ4n) is 2.18. The van der Waals surface area contributed by atoms with Gasteiger partial charge < -0.3 is 19.5 Å². The number of β-amino-alcohol motifs (C(OH)–C–C–N with tert-alkyl or cyclic N) is 1. The van der Waals surface area contributed by atoms with Crippen molar-refractivity contribution in [2.24, 2.45) is 5.92 Å². The largest absolute Gasteiger partial charge is 0.481 e. The molecular weight excluding hydrogens is 238 g/mol. The molecule has 1 aliphatic rings. The molecule has 1 saturated heterocycles. The number of nitrogens with zero attached hydrogens (tertiary/aromatic N) is 1. The predicted octanol–water partition coefficient (Wildman–Crippen LogP) is 0.496. The molecule has 18 heavy (non-hydrogen) atoms. The zero-order valence-corrected chi connectivity index (χ0v) is 10.00. The summed E-state index contributed by atoms with van der Waals surface area (Å²) in [6, 6.07) is 1.58. The maximum absolute atomic E-state index is 12.1. The highest BCUT2D eigenvalue weighted by Gasteiger charge is 2.35. The number of aryl methyl sites for hydroxylation is 1. The molecule has 1 fully saturated rings. The van der Waals surface area contributed by atoms with Crippen molar-refractivity contribution in [1.29, 1.82) is 0 Å². The Morgan fingerprint density at radius 1 is 1.50 bits per heavy atom. The summed E-state index contributed by atoms with van der Waals surface area (Å²) in [4.78, 5) is 24.4. The van der Waals surface area contributed by atoms with Crippen LogP contribution in [0.3, 0.4) is 0 Å². The van der Waals surface area contributed by atoms with Crippen LogP contribution in [-0.4, -0.2) is 46.2 Å². The van der Waals surface area contributed by atoms with Gasteiger partial charge in [0, 0.05) is 13.1 Å². The fourth-order valence-corrected chi connectivity index (χ4v) is 2.18. The highest BCUT2D eigenvalue weighted by atomic mass is 16.4. The van der Waals surface area contributed by atoms with Crippen LogP contribution in [0.1, 0.15) is 22.5 Å². The molecule has 0 aromatic carbocycles. The molecular formula is C12H15NO5. The summed E-state index contributed by atoms with van der Waals surface area (Å²) in [6.07, 6.45) is 0.676. The molecule has 2 N–H and O–H groups in total. The number of hydrogen-bond acceptors (Lipinski definition) is 4. The summed E-state index contributed by atoms with van der Waals surface area (Å²) in [5.74, 6) is -1.52. The van der Waals surface area contributed by atoms with Gasteiger partial charge in [0.05, 0.1) is 23.8 Å². The molecule has 6 nitrogen and oxygen atoms in total. The van der Waals surface area contributed by atoms with E-state index in [4.69, 9.17) is 9.52 Å². The average molecular weight is 253 g/mol. The Bertz CT molecular complexity index is 467. The number of carbonyl (C=O) groups excluding carboxylic acids is 1. The van der Waals surface area contributed by atoms with Crippen LogP contribution >= 0.6 is 0 Å². The van der Waals surface area contributed by atoms with Gasteiger partial charge in [-0.05, 0) is 19.4 Å². The predicted molar refractivity (Wildman–Crippen MR) is 61.1 cm³/mol. The van der Waals surface area contributed by atoms with Crippen molar-refractivity contribution >= 4 is 11.9 Å². The van der Waals surface area contributed by atoms with E-state index in [-0.39, 0.29) is 18.9 Å². The first-order chi connectivity index (χ1) is 8.50. The summed E-state index contributed by atoms with van der Waals surface area (Å²) in [5.41, 5.74) is 0.455. The lowest BCUT2D eigenvalue weighted by Crippen LogP contribution is -2.48. The van der Waals surface area contributed by atoms with Crippen molar-refractivity contribution in [2.45, 2.75) is 19.4 Å². The van der Waals surface area contributed by atoms with E-state index in [2.05, 4.69) is 0 Å². The molecule has 2 rings (SSSR count). The van der Waals surface area contributed by atoms with Gasteiger partial charge in [-0.1, -0.05) is 0 Å². The van der Waals surface area contributed by atoms with Crippen LogP contribution < -0.4 is 0 Å². The molecule has 0 radical (unpaired) electrons. The summed E-state index contributed by atoms with van der Waals surface area (Å²) >= 11 is 0. The topological polar surface area (TPSA) is 91.0 Å². The van der Waals surface area contributed by atoms with Crippen molar-refractivity contribution in [3.8, 4) is 0 Å². The highest BCUT2D eigenvalue weighted by molar-refractivity contribution is 5.95. The lowest BCUT2D eigenvalue weighted by atomic mass is 9.93. The number of aliphatic hydroxyl groups is 1. The van der Waals surface area contributed by atoms with Crippen LogP contribution in [-0.2, 0) is 4.79 Å². The van der Waals surface area contributed by atoms with E-state index in [1.54, 1.807) is 13.0 Å². The third-order valence-electron chi connectivity index (χ3n) is 3.28. The third kappa shape index (κ3) is 2.24. The number of aliphatic carboxylic acids is 1. The maximum atomic E-state index is 12.1. The summed E-state index contributed by atoms with van der Waals surface area (Å²) in [7, 11) is 0.